The fourth-order valence-corrected chi connectivity index (χ4v) is 4.35. The number of carbonyl (C=O) groups is 1. The molecule has 0 aliphatic rings. The Bertz CT molecular complexity index is 1410. The predicted octanol–water partition coefficient (Wildman–Crippen LogP) is 3.13. The van der Waals surface area contributed by atoms with Crippen LogP contribution in [0.4, 0.5) is 4.39 Å². The highest BCUT2D eigenvalue weighted by Crippen LogP contribution is 2.17. The molecule has 33 heavy (non-hydrogen) atoms. The fraction of sp³-hybridized carbons (Fsp3) is 0.208. The zero-order chi connectivity index (χ0) is 23.4. The van der Waals surface area contributed by atoms with Crippen molar-refractivity contribution in [2.45, 2.75) is 26.6 Å². The zero-order valence-corrected chi connectivity index (χ0v) is 18.7. The number of halogens is 1. The molecule has 0 atom stereocenters. The Morgan fingerprint density at radius 3 is 2.61 bits per heavy atom. The Labute approximate surface area is 192 Å². The largest absolute Gasteiger partial charge is 0.494 e. The molecule has 0 unspecified atom stereocenters. The zero-order valence-electron chi connectivity index (χ0n) is 17.9. The summed E-state index contributed by atoms with van der Waals surface area (Å²) in [5.41, 5.74) is 0.936. The van der Waals surface area contributed by atoms with E-state index in [-0.39, 0.29) is 25.5 Å². The lowest BCUT2D eigenvalue weighted by atomic mass is 10.2. The third kappa shape index (κ3) is 5.04. The first-order valence-electron chi connectivity index (χ1n) is 10.4. The van der Waals surface area contributed by atoms with Gasteiger partial charge in [-0.15, -0.1) is 11.3 Å². The van der Waals surface area contributed by atoms with Gasteiger partial charge in [-0.25, -0.2) is 9.18 Å². The number of amides is 1. The highest BCUT2D eigenvalue weighted by Gasteiger charge is 2.17. The molecule has 1 N–H and O–H groups in total. The second-order valence-electron chi connectivity index (χ2n) is 7.38. The van der Waals surface area contributed by atoms with Gasteiger partial charge in [0, 0.05) is 6.54 Å². The molecule has 7 nitrogen and oxygen atoms in total. The maximum atomic E-state index is 13.2. The molecule has 4 aromatic rings. The topological polar surface area (TPSA) is 82.3 Å². The quantitative estimate of drug-likeness (QED) is 0.432. The molecular weight excluding hydrogens is 445 g/mol. The number of fused-ring (bicyclic) bond motifs is 1. The van der Waals surface area contributed by atoms with Crippen LogP contribution in [-0.2, 0) is 24.4 Å². The van der Waals surface area contributed by atoms with Crippen molar-refractivity contribution in [3.8, 4) is 5.75 Å². The first kappa shape index (κ1) is 22.5. The maximum absolute atomic E-state index is 13.2. The summed E-state index contributed by atoms with van der Waals surface area (Å²) in [6.45, 7) is 2.40. The number of rotatable bonds is 8. The van der Waals surface area contributed by atoms with Gasteiger partial charge in [-0.1, -0.05) is 24.3 Å². The lowest BCUT2D eigenvalue weighted by Crippen LogP contribution is -2.42. The molecule has 0 radical (unpaired) electrons. The van der Waals surface area contributed by atoms with E-state index >= 15 is 0 Å². The van der Waals surface area contributed by atoms with Gasteiger partial charge in [0.05, 0.1) is 18.7 Å². The summed E-state index contributed by atoms with van der Waals surface area (Å²) >= 11 is 1.23. The number of benzene rings is 2. The van der Waals surface area contributed by atoms with Gasteiger partial charge in [-0.3, -0.25) is 18.7 Å². The van der Waals surface area contributed by atoms with Crippen LogP contribution in [-0.4, -0.2) is 21.6 Å². The summed E-state index contributed by atoms with van der Waals surface area (Å²) in [6.07, 6.45) is 0. The van der Waals surface area contributed by atoms with E-state index < -0.39 is 17.2 Å². The van der Waals surface area contributed by atoms with Gasteiger partial charge < -0.3 is 10.1 Å². The Hall–Kier alpha value is -3.72. The number of nitrogens with one attached hydrogen (secondary N) is 1. The Kier molecular flexibility index (Phi) is 6.69. The second-order valence-corrected chi connectivity index (χ2v) is 8.29. The molecule has 0 spiro atoms. The van der Waals surface area contributed by atoms with Crippen LogP contribution in [0.5, 0.6) is 5.75 Å². The summed E-state index contributed by atoms with van der Waals surface area (Å²) in [6, 6.07) is 14.7. The maximum Gasteiger partial charge on any atom is 0.332 e. The minimum Gasteiger partial charge on any atom is -0.494 e. The molecule has 0 aliphatic carbocycles. The van der Waals surface area contributed by atoms with E-state index in [9.17, 15) is 18.8 Å². The van der Waals surface area contributed by atoms with Gasteiger partial charge >= 0.3 is 5.69 Å². The van der Waals surface area contributed by atoms with E-state index in [1.54, 1.807) is 35.7 Å². The minimum absolute atomic E-state index is 0.0591. The second kappa shape index (κ2) is 9.83. The van der Waals surface area contributed by atoms with Crippen LogP contribution in [0.25, 0.3) is 10.2 Å². The van der Waals surface area contributed by atoms with Gasteiger partial charge in [0.15, 0.2) is 0 Å². The summed E-state index contributed by atoms with van der Waals surface area (Å²) in [4.78, 5) is 38.8. The molecule has 0 saturated heterocycles. The van der Waals surface area contributed by atoms with Gasteiger partial charge in [0.2, 0.25) is 5.91 Å². The molecule has 0 aliphatic heterocycles. The number of thiophene rings is 1. The average Bonchev–Trinajstić information content (AvgIpc) is 3.30. The number of aromatic nitrogens is 2. The first-order valence-corrected chi connectivity index (χ1v) is 11.3. The van der Waals surface area contributed by atoms with Crippen LogP contribution in [0.1, 0.15) is 18.1 Å². The van der Waals surface area contributed by atoms with Crippen molar-refractivity contribution in [1.29, 1.82) is 0 Å². The van der Waals surface area contributed by atoms with E-state index in [2.05, 4.69) is 5.32 Å². The standard InChI is InChI=1S/C24H22FN3O4S/c1-2-32-19-5-3-4-17(12-19)14-28-23(30)22-20(10-11-33-22)27(24(28)31)15-21(29)26-13-16-6-8-18(25)9-7-16/h3-12H,2,13-15H2,1H3,(H,26,29). The third-order valence-electron chi connectivity index (χ3n) is 5.09. The SMILES string of the molecule is CCOc1cccc(Cn2c(=O)c3sccc3n(CC(=O)NCc3ccc(F)cc3)c2=O)c1. The number of nitrogens with zero attached hydrogens (tertiary/aromatic N) is 2. The van der Waals surface area contributed by atoms with Gasteiger partial charge in [-0.2, -0.15) is 0 Å². The van der Waals surface area contributed by atoms with Gasteiger partial charge in [0.25, 0.3) is 5.56 Å². The van der Waals surface area contributed by atoms with Crippen LogP contribution in [0, 0.1) is 5.82 Å². The van der Waals surface area contributed by atoms with Crippen LogP contribution < -0.4 is 21.3 Å². The van der Waals surface area contributed by atoms with E-state index in [1.807, 2.05) is 19.1 Å². The van der Waals surface area contributed by atoms with E-state index in [4.69, 9.17) is 4.74 Å². The van der Waals surface area contributed by atoms with E-state index in [1.165, 1.54) is 28.0 Å². The fourth-order valence-electron chi connectivity index (χ4n) is 3.51. The van der Waals surface area contributed by atoms with Crippen LogP contribution in [0.3, 0.4) is 0 Å². The first-order chi connectivity index (χ1) is 16.0. The monoisotopic (exact) mass is 467 g/mol. The molecule has 2 aromatic heterocycles. The van der Waals surface area contributed by atoms with Crippen molar-refractivity contribution in [3.63, 3.8) is 0 Å². The molecule has 170 valence electrons. The van der Waals surface area contributed by atoms with Crippen molar-refractivity contribution in [1.82, 2.24) is 14.5 Å². The molecule has 2 aromatic carbocycles. The molecule has 0 saturated carbocycles. The molecule has 1 amide bonds. The van der Waals surface area contributed by atoms with Gasteiger partial charge in [-0.05, 0) is 53.8 Å². The number of hydrogen-bond acceptors (Lipinski definition) is 5. The third-order valence-corrected chi connectivity index (χ3v) is 5.98. The Morgan fingerprint density at radius 1 is 1.06 bits per heavy atom. The minimum atomic E-state index is -0.565. The van der Waals surface area contributed by atoms with E-state index in [0.717, 1.165) is 15.7 Å². The summed E-state index contributed by atoms with van der Waals surface area (Å²) in [5.74, 6) is -0.0938. The molecule has 2 heterocycles. The summed E-state index contributed by atoms with van der Waals surface area (Å²) in [5, 5.41) is 4.46. The van der Waals surface area contributed by atoms with Crippen molar-refractivity contribution in [3.05, 3.63) is 97.8 Å². The molecule has 0 bridgehead atoms. The number of hydrogen-bond donors (Lipinski definition) is 1. The summed E-state index contributed by atoms with van der Waals surface area (Å²) < 4.78 is 21.4. The van der Waals surface area contributed by atoms with E-state index in [0.29, 0.717) is 22.6 Å². The highest BCUT2D eigenvalue weighted by molar-refractivity contribution is 7.17. The molecule has 4 rings (SSSR count). The predicted molar refractivity (Wildman–Crippen MR) is 125 cm³/mol. The highest BCUT2D eigenvalue weighted by atomic mass is 32.1. The van der Waals surface area contributed by atoms with Crippen LogP contribution >= 0.6 is 11.3 Å². The van der Waals surface area contributed by atoms with Crippen molar-refractivity contribution in [2.24, 2.45) is 0 Å². The lowest BCUT2D eigenvalue weighted by Gasteiger charge is -2.13. The lowest BCUT2D eigenvalue weighted by molar-refractivity contribution is -0.121. The molecule has 9 heteroatoms. The molecule has 0 fully saturated rings. The van der Waals surface area contributed by atoms with Crippen molar-refractivity contribution in [2.75, 3.05) is 6.61 Å². The summed E-state index contributed by atoms with van der Waals surface area (Å²) in [7, 11) is 0. The van der Waals surface area contributed by atoms with Gasteiger partial charge in [0.1, 0.15) is 22.8 Å². The van der Waals surface area contributed by atoms with Crippen LogP contribution in [0.15, 0.2) is 69.6 Å². The van der Waals surface area contributed by atoms with Crippen LogP contribution in [0.2, 0.25) is 0 Å². The molecular formula is C24H22FN3O4S. The Morgan fingerprint density at radius 2 is 1.85 bits per heavy atom. The average molecular weight is 468 g/mol. The Balaban J connectivity index is 1.61. The number of ether oxygens (including phenoxy) is 1. The van der Waals surface area contributed by atoms with Crippen molar-refractivity contribution >= 4 is 27.5 Å². The smallest absolute Gasteiger partial charge is 0.332 e. The normalized spacial score (nSPS) is 11.0. The number of carbonyl (C=O) groups excluding carboxylic acids is 1. The van der Waals surface area contributed by atoms with Crippen molar-refractivity contribution < 1.29 is 13.9 Å².